The van der Waals surface area contributed by atoms with Gasteiger partial charge in [-0.05, 0) is 26.3 Å². The van der Waals surface area contributed by atoms with Gasteiger partial charge in [0.1, 0.15) is 0 Å². The molecule has 0 heterocycles. The highest BCUT2D eigenvalue weighted by molar-refractivity contribution is 7.80. The first-order valence-electron chi connectivity index (χ1n) is 4.09. The van der Waals surface area contributed by atoms with Gasteiger partial charge in [0.05, 0.1) is 0 Å². The van der Waals surface area contributed by atoms with Gasteiger partial charge >= 0.3 is 0 Å². The van der Waals surface area contributed by atoms with Crippen molar-refractivity contribution in [1.29, 1.82) is 0 Å². The van der Waals surface area contributed by atoms with Crippen LogP contribution in [0.2, 0.25) is 0 Å². The maximum atomic E-state index is 5.16. The Labute approximate surface area is 79.2 Å². The Morgan fingerprint density at radius 1 is 1.50 bits per heavy atom. The van der Waals surface area contributed by atoms with Gasteiger partial charge in [0.25, 0.3) is 0 Å². The zero-order chi connectivity index (χ0) is 9.40. The average Bonchev–Trinajstić information content (AvgIpc) is 1.95. The Bertz CT molecular complexity index is 131. The van der Waals surface area contributed by atoms with E-state index in [1.807, 2.05) is 6.92 Å². The number of nitrogens with one attached hydrogen (secondary N) is 1. The summed E-state index contributed by atoms with van der Waals surface area (Å²) in [5.41, 5.74) is 10.3. The molecule has 0 radical (unpaired) electrons. The Balaban J connectivity index is 3.06. The smallest absolute Gasteiger partial charge is 0.185 e. The van der Waals surface area contributed by atoms with Crippen LogP contribution in [-0.4, -0.2) is 24.4 Å². The van der Waals surface area contributed by atoms with Gasteiger partial charge in [-0.25, -0.2) is 0 Å². The number of guanidine groups is 1. The molecule has 0 aliphatic rings. The number of aliphatic imine (C=N–C) groups is 1. The lowest BCUT2D eigenvalue weighted by molar-refractivity contribution is 0.627. The van der Waals surface area contributed by atoms with E-state index in [4.69, 9.17) is 11.5 Å². The first-order valence-corrected chi connectivity index (χ1v) is 4.61. The summed E-state index contributed by atoms with van der Waals surface area (Å²) >= 11 is 4.18. The quantitative estimate of drug-likeness (QED) is 0.155. The molecule has 0 aliphatic heterocycles. The molecule has 0 bridgehead atoms. The molecule has 0 unspecified atom stereocenters. The topological polar surface area (TPSA) is 76.4 Å². The summed E-state index contributed by atoms with van der Waals surface area (Å²) in [5, 5.41) is 3.44. The minimum Gasteiger partial charge on any atom is -0.370 e. The van der Waals surface area contributed by atoms with Crippen molar-refractivity contribution in [3.05, 3.63) is 0 Å². The zero-order valence-corrected chi connectivity index (χ0v) is 8.35. The van der Waals surface area contributed by atoms with Crippen molar-refractivity contribution in [3.63, 3.8) is 0 Å². The van der Waals surface area contributed by atoms with Gasteiger partial charge in [0.2, 0.25) is 0 Å². The third kappa shape index (κ3) is 9.58. The molecular weight excluding hydrogens is 172 g/mol. The fourth-order valence-electron chi connectivity index (χ4n) is 0.756. The zero-order valence-electron chi connectivity index (χ0n) is 7.45. The maximum Gasteiger partial charge on any atom is 0.185 e. The molecule has 12 heavy (non-hydrogen) atoms. The van der Waals surface area contributed by atoms with Crippen LogP contribution in [0, 0.1) is 0 Å². The van der Waals surface area contributed by atoms with Crippen molar-refractivity contribution < 1.29 is 0 Å². The molecule has 0 aromatic heterocycles. The molecule has 0 saturated carbocycles. The predicted octanol–water partition coefficient (Wildman–Crippen LogP) is -0.0946. The summed E-state index contributed by atoms with van der Waals surface area (Å²) in [4.78, 5) is 3.87. The second-order valence-electron chi connectivity index (χ2n) is 2.64. The van der Waals surface area contributed by atoms with Gasteiger partial charge in [-0.15, -0.1) is 0 Å². The Morgan fingerprint density at radius 2 is 2.17 bits per heavy atom. The predicted molar refractivity (Wildman–Crippen MR) is 56.4 cm³/mol. The summed E-state index contributed by atoms with van der Waals surface area (Å²) in [6.45, 7) is 3.68. The second kappa shape index (κ2) is 7.24. The molecular formula is C7H18N4S. The molecule has 5 N–H and O–H groups in total. The molecule has 5 heteroatoms. The number of nitrogens with zero attached hydrogens (tertiary/aromatic N) is 1. The highest BCUT2D eigenvalue weighted by atomic mass is 32.1. The van der Waals surface area contributed by atoms with Crippen LogP contribution in [0.15, 0.2) is 4.99 Å². The molecule has 4 nitrogen and oxygen atoms in total. The van der Waals surface area contributed by atoms with E-state index in [9.17, 15) is 0 Å². The molecule has 0 fully saturated rings. The summed E-state index contributed by atoms with van der Waals surface area (Å²) in [7, 11) is 0. The number of thiol groups is 1. The summed E-state index contributed by atoms with van der Waals surface area (Å²) in [5.74, 6) is 0.172. The molecule has 0 amide bonds. The van der Waals surface area contributed by atoms with Crippen LogP contribution in [0.25, 0.3) is 0 Å². The maximum absolute atomic E-state index is 5.16. The van der Waals surface area contributed by atoms with Gasteiger partial charge in [-0.1, -0.05) is 0 Å². The highest BCUT2D eigenvalue weighted by Gasteiger charge is 1.91. The van der Waals surface area contributed by atoms with Crippen molar-refractivity contribution in [1.82, 2.24) is 5.32 Å². The number of hydrogen-bond donors (Lipinski definition) is 4. The van der Waals surface area contributed by atoms with Gasteiger partial charge < -0.3 is 16.8 Å². The summed E-state index contributed by atoms with van der Waals surface area (Å²) < 4.78 is 0. The SMILES string of the molecule is C[C@H](S)NCCCCN=C(N)N. The van der Waals surface area contributed by atoms with E-state index in [2.05, 4.69) is 22.9 Å². The first kappa shape index (κ1) is 11.6. The van der Waals surface area contributed by atoms with Crippen molar-refractivity contribution in [2.45, 2.75) is 25.1 Å². The Hall–Kier alpha value is -0.420. The van der Waals surface area contributed by atoms with Crippen LogP contribution < -0.4 is 16.8 Å². The van der Waals surface area contributed by atoms with E-state index in [-0.39, 0.29) is 11.3 Å². The molecule has 1 atom stereocenters. The fourth-order valence-corrected chi connectivity index (χ4v) is 0.885. The van der Waals surface area contributed by atoms with Crippen molar-refractivity contribution in [2.24, 2.45) is 16.5 Å². The van der Waals surface area contributed by atoms with Crippen LogP contribution in [0.4, 0.5) is 0 Å². The highest BCUT2D eigenvalue weighted by Crippen LogP contribution is 1.90. The first-order chi connectivity index (χ1) is 5.63. The van der Waals surface area contributed by atoms with E-state index >= 15 is 0 Å². The molecule has 0 rings (SSSR count). The van der Waals surface area contributed by atoms with Crippen molar-refractivity contribution >= 4 is 18.6 Å². The van der Waals surface area contributed by atoms with Gasteiger partial charge in [-0.3, -0.25) is 4.99 Å². The van der Waals surface area contributed by atoms with Crippen LogP contribution in [0.3, 0.4) is 0 Å². The lowest BCUT2D eigenvalue weighted by atomic mass is 10.3. The largest absolute Gasteiger partial charge is 0.370 e. The number of nitrogens with two attached hydrogens (primary N) is 2. The normalized spacial score (nSPS) is 12.5. The lowest BCUT2D eigenvalue weighted by Crippen LogP contribution is -2.23. The Kier molecular flexibility index (Phi) is 6.99. The van der Waals surface area contributed by atoms with Crippen molar-refractivity contribution in [2.75, 3.05) is 13.1 Å². The molecule has 0 saturated heterocycles. The van der Waals surface area contributed by atoms with Gasteiger partial charge in [0, 0.05) is 11.9 Å². The van der Waals surface area contributed by atoms with E-state index in [1.165, 1.54) is 0 Å². The molecule has 72 valence electrons. The number of unbranched alkanes of at least 4 members (excludes halogenated alkanes) is 1. The van der Waals surface area contributed by atoms with E-state index in [1.54, 1.807) is 0 Å². The standard InChI is InChI=1S/C7H18N4S/c1-6(12)10-4-2-3-5-11-7(8)9/h6,10,12H,2-5H2,1H3,(H4,8,9,11)/t6-/m0/s1. The van der Waals surface area contributed by atoms with Gasteiger partial charge in [0.15, 0.2) is 5.96 Å². The third-order valence-electron chi connectivity index (χ3n) is 1.32. The minimum atomic E-state index is 0.172. The van der Waals surface area contributed by atoms with E-state index in [0.29, 0.717) is 6.54 Å². The number of rotatable bonds is 6. The molecule has 0 aliphatic carbocycles. The summed E-state index contributed by atoms with van der Waals surface area (Å²) in [6, 6.07) is 0. The second-order valence-corrected chi connectivity index (χ2v) is 3.42. The lowest BCUT2D eigenvalue weighted by Gasteiger charge is -2.05. The average molecular weight is 190 g/mol. The molecule has 0 spiro atoms. The van der Waals surface area contributed by atoms with Gasteiger partial charge in [-0.2, -0.15) is 12.6 Å². The monoisotopic (exact) mass is 190 g/mol. The van der Waals surface area contributed by atoms with Crippen molar-refractivity contribution in [3.8, 4) is 0 Å². The Morgan fingerprint density at radius 3 is 2.67 bits per heavy atom. The summed E-state index contributed by atoms with van der Waals surface area (Å²) in [6.07, 6.45) is 2.08. The van der Waals surface area contributed by atoms with Crippen LogP contribution >= 0.6 is 12.6 Å². The van der Waals surface area contributed by atoms with E-state index < -0.39 is 0 Å². The fraction of sp³-hybridized carbons (Fsp3) is 0.857. The molecule has 0 aromatic carbocycles. The van der Waals surface area contributed by atoms with Crippen LogP contribution in [-0.2, 0) is 0 Å². The van der Waals surface area contributed by atoms with Crippen LogP contribution in [0.5, 0.6) is 0 Å². The van der Waals surface area contributed by atoms with Crippen LogP contribution in [0.1, 0.15) is 19.8 Å². The number of hydrogen-bond acceptors (Lipinski definition) is 3. The van der Waals surface area contributed by atoms with E-state index in [0.717, 1.165) is 19.4 Å². The third-order valence-corrected chi connectivity index (χ3v) is 1.50. The minimum absolute atomic E-state index is 0.172. The molecule has 0 aromatic rings.